The quantitative estimate of drug-likeness (QED) is 0.863. The molecule has 8 heteroatoms. The van der Waals surface area contributed by atoms with Gasteiger partial charge in [0.25, 0.3) is 0 Å². The lowest BCUT2D eigenvalue weighted by Crippen LogP contribution is -2.35. The first-order valence-corrected chi connectivity index (χ1v) is 10.3. The number of anilines is 2. The fourth-order valence-electron chi connectivity index (χ4n) is 4.45. The molecule has 2 aromatic heterocycles. The standard InChI is InChI=1S/C19H28N8/c20-16-5-8-21-19(22-16)26-11-6-14(7-12-26)18-24-23-17(27(18)15-3-4-15)13-25-9-1-2-10-25/h5,8,14-15H,1-4,6-7,9-13H2,(H2,20,21,22). The number of nitrogens with zero attached hydrogens (tertiary/aromatic N) is 7. The van der Waals surface area contributed by atoms with Gasteiger partial charge in [0.2, 0.25) is 5.95 Å². The lowest BCUT2D eigenvalue weighted by molar-refractivity contribution is 0.314. The van der Waals surface area contributed by atoms with E-state index in [-0.39, 0.29) is 0 Å². The number of hydrogen-bond acceptors (Lipinski definition) is 7. The van der Waals surface area contributed by atoms with Crippen LogP contribution in [0.5, 0.6) is 0 Å². The third kappa shape index (κ3) is 3.50. The highest BCUT2D eigenvalue weighted by Gasteiger charge is 2.34. The first kappa shape index (κ1) is 16.9. The van der Waals surface area contributed by atoms with Crippen molar-refractivity contribution in [2.45, 2.75) is 57.0 Å². The number of rotatable bonds is 5. The number of piperidine rings is 1. The third-order valence-electron chi connectivity index (χ3n) is 6.08. The van der Waals surface area contributed by atoms with E-state index in [1.165, 1.54) is 50.4 Å². The average Bonchev–Trinajstić information content (AvgIpc) is 3.23. The minimum absolute atomic E-state index is 0.475. The molecule has 1 aliphatic carbocycles. The normalized spacial score (nSPS) is 21.9. The summed E-state index contributed by atoms with van der Waals surface area (Å²) in [6.07, 6.45) is 9.03. The minimum Gasteiger partial charge on any atom is -0.384 e. The zero-order valence-corrected chi connectivity index (χ0v) is 15.8. The zero-order chi connectivity index (χ0) is 18.2. The molecule has 2 N–H and O–H groups in total. The molecule has 2 saturated heterocycles. The zero-order valence-electron chi connectivity index (χ0n) is 15.8. The maximum atomic E-state index is 5.81. The van der Waals surface area contributed by atoms with Crippen molar-refractivity contribution < 1.29 is 0 Å². The van der Waals surface area contributed by atoms with Crippen LogP contribution in [0.15, 0.2) is 12.3 Å². The Bertz CT molecular complexity index is 785. The van der Waals surface area contributed by atoms with Gasteiger partial charge < -0.3 is 15.2 Å². The summed E-state index contributed by atoms with van der Waals surface area (Å²) >= 11 is 0. The highest BCUT2D eigenvalue weighted by atomic mass is 15.3. The van der Waals surface area contributed by atoms with Gasteiger partial charge >= 0.3 is 0 Å². The van der Waals surface area contributed by atoms with E-state index < -0.39 is 0 Å². The fourth-order valence-corrected chi connectivity index (χ4v) is 4.45. The van der Waals surface area contributed by atoms with Crippen LogP contribution in [0.1, 0.15) is 62.1 Å². The van der Waals surface area contributed by atoms with Gasteiger partial charge in [0.1, 0.15) is 17.5 Å². The van der Waals surface area contributed by atoms with Crippen molar-refractivity contribution in [3.8, 4) is 0 Å². The minimum atomic E-state index is 0.475. The summed E-state index contributed by atoms with van der Waals surface area (Å²) in [5.41, 5.74) is 5.81. The number of aromatic nitrogens is 5. The molecule has 27 heavy (non-hydrogen) atoms. The van der Waals surface area contributed by atoms with Gasteiger partial charge in [-0.05, 0) is 57.7 Å². The van der Waals surface area contributed by atoms with Gasteiger partial charge in [-0.15, -0.1) is 10.2 Å². The highest BCUT2D eigenvalue weighted by molar-refractivity contribution is 5.38. The highest BCUT2D eigenvalue weighted by Crippen LogP contribution is 2.40. The SMILES string of the molecule is Nc1ccnc(N2CCC(c3nnc(CN4CCCC4)n3C3CC3)CC2)n1. The predicted octanol–water partition coefficient (Wildman–Crippen LogP) is 1.96. The van der Waals surface area contributed by atoms with Crippen molar-refractivity contribution >= 4 is 11.8 Å². The van der Waals surface area contributed by atoms with Crippen LogP contribution in [-0.4, -0.2) is 55.8 Å². The van der Waals surface area contributed by atoms with Crippen LogP contribution in [0.4, 0.5) is 11.8 Å². The van der Waals surface area contributed by atoms with E-state index in [0.29, 0.717) is 17.8 Å². The van der Waals surface area contributed by atoms with Gasteiger partial charge in [-0.25, -0.2) is 4.98 Å². The third-order valence-corrected chi connectivity index (χ3v) is 6.08. The van der Waals surface area contributed by atoms with Crippen LogP contribution in [0.3, 0.4) is 0 Å². The molecule has 144 valence electrons. The molecule has 5 rings (SSSR count). The molecular formula is C19H28N8. The van der Waals surface area contributed by atoms with Gasteiger partial charge in [-0.3, -0.25) is 4.90 Å². The number of likely N-dealkylation sites (tertiary alicyclic amines) is 1. The average molecular weight is 368 g/mol. The molecule has 4 heterocycles. The molecule has 2 aliphatic heterocycles. The maximum absolute atomic E-state index is 5.81. The van der Waals surface area contributed by atoms with Gasteiger partial charge in [-0.1, -0.05) is 0 Å². The van der Waals surface area contributed by atoms with Crippen LogP contribution in [-0.2, 0) is 6.54 Å². The summed E-state index contributed by atoms with van der Waals surface area (Å²) < 4.78 is 2.48. The van der Waals surface area contributed by atoms with Crippen molar-refractivity contribution in [1.29, 1.82) is 0 Å². The van der Waals surface area contributed by atoms with E-state index in [4.69, 9.17) is 5.73 Å². The summed E-state index contributed by atoms with van der Waals surface area (Å²) in [5, 5.41) is 9.29. The largest absolute Gasteiger partial charge is 0.384 e. The van der Waals surface area contributed by atoms with E-state index >= 15 is 0 Å². The van der Waals surface area contributed by atoms with Crippen molar-refractivity contribution in [2.75, 3.05) is 36.8 Å². The topological polar surface area (TPSA) is 89.0 Å². The Labute approximate surface area is 159 Å². The molecule has 3 fully saturated rings. The molecular weight excluding hydrogens is 340 g/mol. The van der Waals surface area contributed by atoms with Gasteiger partial charge in [0, 0.05) is 31.2 Å². The Morgan fingerprint density at radius 1 is 1.00 bits per heavy atom. The van der Waals surface area contributed by atoms with E-state index in [1.807, 2.05) is 0 Å². The fraction of sp³-hybridized carbons (Fsp3) is 0.684. The maximum Gasteiger partial charge on any atom is 0.227 e. The summed E-state index contributed by atoms with van der Waals surface area (Å²) in [7, 11) is 0. The van der Waals surface area contributed by atoms with Gasteiger partial charge in [0.05, 0.1) is 6.54 Å². The second kappa shape index (κ2) is 7.07. The van der Waals surface area contributed by atoms with Crippen LogP contribution in [0, 0.1) is 0 Å². The van der Waals surface area contributed by atoms with Crippen molar-refractivity contribution in [2.24, 2.45) is 0 Å². The van der Waals surface area contributed by atoms with Crippen LogP contribution in [0.25, 0.3) is 0 Å². The number of hydrogen-bond donors (Lipinski definition) is 1. The van der Waals surface area contributed by atoms with Crippen LogP contribution < -0.4 is 10.6 Å². The Morgan fingerprint density at radius 3 is 2.48 bits per heavy atom. The summed E-state index contributed by atoms with van der Waals surface area (Å²) in [6, 6.07) is 2.36. The second-order valence-corrected chi connectivity index (χ2v) is 8.10. The first-order valence-electron chi connectivity index (χ1n) is 10.3. The van der Waals surface area contributed by atoms with E-state index in [9.17, 15) is 0 Å². The Kier molecular flexibility index (Phi) is 4.43. The number of nitrogen functional groups attached to an aromatic ring is 1. The molecule has 0 amide bonds. The van der Waals surface area contributed by atoms with Crippen LogP contribution in [0.2, 0.25) is 0 Å². The molecule has 3 aliphatic rings. The molecule has 8 nitrogen and oxygen atoms in total. The van der Waals surface area contributed by atoms with E-state index in [2.05, 4.69) is 34.5 Å². The molecule has 0 radical (unpaired) electrons. The lowest BCUT2D eigenvalue weighted by atomic mass is 9.96. The van der Waals surface area contributed by atoms with Crippen molar-refractivity contribution in [3.63, 3.8) is 0 Å². The molecule has 0 unspecified atom stereocenters. The summed E-state index contributed by atoms with van der Waals surface area (Å²) in [4.78, 5) is 13.5. The van der Waals surface area contributed by atoms with Gasteiger partial charge in [-0.2, -0.15) is 4.98 Å². The molecule has 2 aromatic rings. The van der Waals surface area contributed by atoms with E-state index in [1.54, 1.807) is 12.3 Å². The van der Waals surface area contributed by atoms with Crippen molar-refractivity contribution in [3.05, 3.63) is 23.9 Å². The predicted molar refractivity (Wildman–Crippen MR) is 103 cm³/mol. The van der Waals surface area contributed by atoms with Crippen LogP contribution >= 0.6 is 0 Å². The van der Waals surface area contributed by atoms with Gasteiger partial charge in [0.15, 0.2) is 0 Å². The molecule has 0 atom stereocenters. The summed E-state index contributed by atoms with van der Waals surface area (Å²) in [5.74, 6) is 4.13. The Hall–Kier alpha value is -2.22. The second-order valence-electron chi connectivity index (χ2n) is 8.10. The Morgan fingerprint density at radius 2 is 1.78 bits per heavy atom. The summed E-state index contributed by atoms with van der Waals surface area (Å²) in [6.45, 7) is 5.23. The first-order chi connectivity index (χ1) is 13.3. The molecule has 0 bridgehead atoms. The smallest absolute Gasteiger partial charge is 0.227 e. The van der Waals surface area contributed by atoms with E-state index in [0.717, 1.165) is 38.4 Å². The molecule has 0 spiro atoms. The molecule has 0 aromatic carbocycles. The Balaban J connectivity index is 1.30. The number of nitrogens with two attached hydrogens (primary N) is 1. The lowest BCUT2D eigenvalue weighted by Gasteiger charge is -2.31. The molecule has 1 saturated carbocycles. The monoisotopic (exact) mass is 368 g/mol. The van der Waals surface area contributed by atoms with Crippen molar-refractivity contribution in [1.82, 2.24) is 29.6 Å².